The molecular formula is C16H18F3N3O2. The summed E-state index contributed by atoms with van der Waals surface area (Å²) in [6.07, 6.45) is -4.53. The van der Waals surface area contributed by atoms with E-state index in [1.165, 1.54) is 13.0 Å². The van der Waals surface area contributed by atoms with E-state index in [1.54, 1.807) is 19.9 Å². The average molecular weight is 341 g/mol. The summed E-state index contributed by atoms with van der Waals surface area (Å²) in [6, 6.07) is 4.74. The van der Waals surface area contributed by atoms with Crippen LogP contribution in [0.2, 0.25) is 0 Å². The predicted molar refractivity (Wildman–Crippen MR) is 83.7 cm³/mol. The molecule has 0 spiro atoms. The van der Waals surface area contributed by atoms with Crippen molar-refractivity contribution >= 4 is 5.82 Å². The fourth-order valence-electron chi connectivity index (χ4n) is 2.13. The number of aromatic hydroxyl groups is 1. The average Bonchev–Trinajstić information content (AvgIpc) is 2.44. The number of aromatic nitrogens is 2. The summed E-state index contributed by atoms with van der Waals surface area (Å²) in [5, 5.41) is 30.3. The molecule has 0 amide bonds. The Morgan fingerprint density at radius 1 is 1.12 bits per heavy atom. The van der Waals surface area contributed by atoms with Gasteiger partial charge in [-0.05, 0) is 50.6 Å². The summed E-state index contributed by atoms with van der Waals surface area (Å²) in [6.45, 7) is 4.98. The van der Waals surface area contributed by atoms with Crippen molar-refractivity contribution in [1.82, 2.24) is 10.2 Å². The van der Waals surface area contributed by atoms with Crippen LogP contribution >= 0.6 is 0 Å². The largest absolute Gasteiger partial charge is 0.507 e. The molecule has 3 N–H and O–H groups in total. The summed E-state index contributed by atoms with van der Waals surface area (Å²) in [5.74, 6) is -0.0984. The van der Waals surface area contributed by atoms with Crippen molar-refractivity contribution in [2.45, 2.75) is 32.5 Å². The van der Waals surface area contributed by atoms with Crippen LogP contribution in [0.5, 0.6) is 5.75 Å². The van der Waals surface area contributed by atoms with E-state index in [-0.39, 0.29) is 23.4 Å². The molecule has 0 aliphatic rings. The number of aliphatic hydroxyl groups is 1. The van der Waals surface area contributed by atoms with Gasteiger partial charge in [-0.1, -0.05) is 0 Å². The van der Waals surface area contributed by atoms with Crippen LogP contribution in [0.3, 0.4) is 0 Å². The molecule has 2 aromatic rings. The Morgan fingerprint density at radius 2 is 1.79 bits per heavy atom. The number of halogens is 3. The molecule has 8 heteroatoms. The minimum Gasteiger partial charge on any atom is -0.507 e. The van der Waals surface area contributed by atoms with E-state index in [1.807, 2.05) is 0 Å². The van der Waals surface area contributed by atoms with Crippen LogP contribution in [-0.2, 0) is 6.18 Å². The summed E-state index contributed by atoms with van der Waals surface area (Å²) >= 11 is 0. The van der Waals surface area contributed by atoms with Crippen LogP contribution in [0.4, 0.5) is 19.0 Å². The molecule has 0 saturated heterocycles. The number of benzene rings is 1. The van der Waals surface area contributed by atoms with Crippen molar-refractivity contribution in [2.24, 2.45) is 0 Å². The lowest BCUT2D eigenvalue weighted by atomic mass is 10.0. The third-order valence-corrected chi connectivity index (χ3v) is 3.26. The van der Waals surface area contributed by atoms with Crippen molar-refractivity contribution in [3.05, 3.63) is 35.4 Å². The standard InChI is InChI=1S/C16H18F3N3O2/c1-9-6-10(16(17,18)19)7-12(23)14(9)11-4-5-13(22-21-11)20-8-15(2,3)24/h4-7,23-24H,8H2,1-3H3,(H,20,22). The maximum Gasteiger partial charge on any atom is 0.416 e. The fourth-order valence-corrected chi connectivity index (χ4v) is 2.13. The van der Waals surface area contributed by atoms with E-state index in [2.05, 4.69) is 15.5 Å². The van der Waals surface area contributed by atoms with Crippen molar-refractivity contribution in [3.8, 4) is 17.0 Å². The zero-order chi connectivity index (χ0) is 18.1. The van der Waals surface area contributed by atoms with Gasteiger partial charge in [0, 0.05) is 12.1 Å². The number of hydrogen-bond acceptors (Lipinski definition) is 5. The number of aryl methyl sites for hydroxylation is 1. The number of rotatable bonds is 4. The molecule has 0 aliphatic carbocycles. The fraction of sp³-hybridized carbons (Fsp3) is 0.375. The van der Waals surface area contributed by atoms with Crippen molar-refractivity contribution in [3.63, 3.8) is 0 Å². The first-order valence-corrected chi connectivity index (χ1v) is 7.18. The van der Waals surface area contributed by atoms with Gasteiger partial charge in [0.15, 0.2) is 0 Å². The SMILES string of the molecule is Cc1cc(C(F)(F)F)cc(O)c1-c1ccc(NCC(C)(C)O)nn1. The Morgan fingerprint density at radius 3 is 2.25 bits per heavy atom. The van der Waals surface area contributed by atoms with Gasteiger partial charge in [-0.3, -0.25) is 0 Å². The number of anilines is 1. The molecule has 0 atom stereocenters. The summed E-state index contributed by atoms with van der Waals surface area (Å²) in [4.78, 5) is 0. The van der Waals surface area contributed by atoms with Crippen LogP contribution in [0.25, 0.3) is 11.3 Å². The monoisotopic (exact) mass is 341 g/mol. The van der Waals surface area contributed by atoms with Crippen LogP contribution < -0.4 is 5.32 Å². The number of phenolic OH excluding ortho intramolecular Hbond substituents is 1. The first-order valence-electron chi connectivity index (χ1n) is 7.18. The van der Waals surface area contributed by atoms with Gasteiger partial charge in [0.05, 0.1) is 16.9 Å². The second kappa shape index (κ2) is 6.27. The zero-order valence-electron chi connectivity index (χ0n) is 13.4. The van der Waals surface area contributed by atoms with E-state index in [0.717, 1.165) is 6.07 Å². The molecule has 0 aliphatic heterocycles. The Balaban J connectivity index is 2.29. The third kappa shape index (κ3) is 4.35. The van der Waals surface area contributed by atoms with Crippen molar-refractivity contribution in [2.75, 3.05) is 11.9 Å². The molecule has 1 heterocycles. The molecule has 24 heavy (non-hydrogen) atoms. The van der Waals surface area contributed by atoms with Crippen LogP contribution in [0, 0.1) is 6.92 Å². The maximum atomic E-state index is 12.7. The van der Waals surface area contributed by atoms with Gasteiger partial charge >= 0.3 is 6.18 Å². The van der Waals surface area contributed by atoms with Gasteiger partial charge in [-0.15, -0.1) is 10.2 Å². The predicted octanol–water partition coefficient (Wildman–Crippen LogP) is 3.36. The Kier molecular flexibility index (Phi) is 4.70. The molecule has 130 valence electrons. The number of phenols is 1. The van der Waals surface area contributed by atoms with Gasteiger partial charge in [-0.25, -0.2) is 0 Å². The lowest BCUT2D eigenvalue weighted by Gasteiger charge is -2.18. The lowest BCUT2D eigenvalue weighted by Crippen LogP contribution is -2.29. The summed E-state index contributed by atoms with van der Waals surface area (Å²) < 4.78 is 38.2. The van der Waals surface area contributed by atoms with E-state index in [9.17, 15) is 23.4 Å². The van der Waals surface area contributed by atoms with Gasteiger partial charge < -0.3 is 15.5 Å². The molecular weight excluding hydrogens is 323 g/mol. The normalized spacial score (nSPS) is 12.3. The third-order valence-electron chi connectivity index (χ3n) is 3.26. The molecule has 5 nitrogen and oxygen atoms in total. The molecule has 1 aromatic heterocycles. The van der Waals surface area contributed by atoms with Crippen molar-refractivity contribution in [1.29, 1.82) is 0 Å². The topological polar surface area (TPSA) is 78.3 Å². The van der Waals surface area contributed by atoms with Crippen LogP contribution in [0.15, 0.2) is 24.3 Å². The Hall–Kier alpha value is -2.35. The quantitative estimate of drug-likeness (QED) is 0.795. The summed E-state index contributed by atoms with van der Waals surface area (Å²) in [5.41, 5.74) is -1.15. The lowest BCUT2D eigenvalue weighted by molar-refractivity contribution is -0.137. The highest BCUT2D eigenvalue weighted by molar-refractivity contribution is 5.71. The second-order valence-electron chi connectivity index (χ2n) is 6.15. The first-order chi connectivity index (χ1) is 11.0. The minimum atomic E-state index is -4.53. The molecule has 0 unspecified atom stereocenters. The number of alkyl halides is 3. The number of nitrogens with one attached hydrogen (secondary N) is 1. The van der Waals surface area contributed by atoms with E-state index in [4.69, 9.17) is 0 Å². The molecule has 0 fully saturated rings. The highest BCUT2D eigenvalue weighted by Gasteiger charge is 2.32. The van der Waals surface area contributed by atoms with Gasteiger partial charge in [-0.2, -0.15) is 13.2 Å². The minimum absolute atomic E-state index is 0.199. The molecule has 0 saturated carbocycles. The first kappa shape index (κ1) is 18.0. The Bertz CT molecular complexity index is 700. The highest BCUT2D eigenvalue weighted by atomic mass is 19.4. The van der Waals surface area contributed by atoms with E-state index < -0.39 is 23.1 Å². The van der Waals surface area contributed by atoms with Crippen LogP contribution in [0.1, 0.15) is 25.0 Å². The molecule has 1 aromatic carbocycles. The summed E-state index contributed by atoms with van der Waals surface area (Å²) in [7, 11) is 0. The van der Waals surface area contributed by atoms with Crippen molar-refractivity contribution < 1.29 is 23.4 Å². The number of hydrogen-bond donors (Lipinski definition) is 3. The Labute approximate surface area is 137 Å². The second-order valence-corrected chi connectivity index (χ2v) is 6.15. The van der Waals surface area contributed by atoms with Gasteiger partial charge in [0.25, 0.3) is 0 Å². The van der Waals surface area contributed by atoms with E-state index in [0.29, 0.717) is 11.9 Å². The highest BCUT2D eigenvalue weighted by Crippen LogP contribution is 2.38. The molecule has 2 rings (SSSR count). The van der Waals surface area contributed by atoms with Crippen LogP contribution in [-0.4, -0.2) is 32.6 Å². The van der Waals surface area contributed by atoms with E-state index >= 15 is 0 Å². The molecule has 0 radical (unpaired) electrons. The maximum absolute atomic E-state index is 12.7. The van der Waals surface area contributed by atoms with Gasteiger partial charge in [0.2, 0.25) is 0 Å². The molecule has 0 bridgehead atoms. The smallest absolute Gasteiger partial charge is 0.416 e. The number of nitrogens with zero attached hydrogens (tertiary/aromatic N) is 2. The van der Waals surface area contributed by atoms with Gasteiger partial charge in [0.1, 0.15) is 11.6 Å². The zero-order valence-corrected chi connectivity index (χ0v) is 13.4.